The molecule has 0 saturated carbocycles. The van der Waals surface area contributed by atoms with Crippen LogP contribution in [0.5, 0.6) is 5.88 Å². The third-order valence-electron chi connectivity index (χ3n) is 3.42. The van der Waals surface area contributed by atoms with Crippen molar-refractivity contribution in [2.45, 2.75) is 20.5 Å². The number of aromatic nitrogens is 2. The third kappa shape index (κ3) is 2.76. The lowest BCUT2D eigenvalue weighted by atomic mass is 10.2. The second-order valence-electron chi connectivity index (χ2n) is 5.18. The Morgan fingerprint density at radius 3 is 2.68 bits per heavy atom. The summed E-state index contributed by atoms with van der Waals surface area (Å²) in [6.07, 6.45) is 1.78. The highest BCUT2D eigenvalue weighted by Gasteiger charge is 2.12. The predicted octanol–water partition coefficient (Wildman–Crippen LogP) is 3.65. The zero-order valence-electron chi connectivity index (χ0n) is 12.3. The minimum absolute atomic E-state index is 0.113. The summed E-state index contributed by atoms with van der Waals surface area (Å²) in [6.45, 7) is 4.05. The van der Waals surface area contributed by atoms with E-state index in [1.54, 1.807) is 17.5 Å². The van der Waals surface area contributed by atoms with E-state index >= 15 is 0 Å². The lowest BCUT2D eigenvalue weighted by molar-refractivity contribution is 0.291. The van der Waals surface area contributed by atoms with Gasteiger partial charge < -0.3 is 4.74 Å². The number of rotatable bonds is 3. The summed E-state index contributed by atoms with van der Waals surface area (Å²) in [7, 11) is 0. The van der Waals surface area contributed by atoms with Gasteiger partial charge in [0.15, 0.2) is 5.65 Å². The normalized spacial score (nSPS) is 10.9. The molecule has 0 aliphatic heterocycles. The number of ether oxygens (including phenoxy) is 1. The van der Waals surface area contributed by atoms with Gasteiger partial charge >= 0.3 is 0 Å². The average molecular weight is 359 g/mol. The first-order valence-electron chi connectivity index (χ1n) is 6.92. The van der Waals surface area contributed by atoms with Crippen LogP contribution in [0.1, 0.15) is 16.7 Å². The molecule has 3 aromatic rings. The molecule has 0 bridgehead atoms. The zero-order chi connectivity index (χ0) is 15.7. The molecule has 0 amide bonds. The van der Waals surface area contributed by atoms with Gasteiger partial charge in [0.05, 0.1) is 10.0 Å². The summed E-state index contributed by atoms with van der Waals surface area (Å²) in [5, 5.41) is 0. The van der Waals surface area contributed by atoms with E-state index in [2.05, 4.69) is 20.9 Å². The van der Waals surface area contributed by atoms with Crippen LogP contribution in [-0.4, -0.2) is 9.38 Å². The van der Waals surface area contributed by atoms with Crippen molar-refractivity contribution in [2.24, 2.45) is 0 Å². The molecule has 112 valence electrons. The van der Waals surface area contributed by atoms with Crippen LogP contribution < -0.4 is 10.3 Å². The van der Waals surface area contributed by atoms with Gasteiger partial charge in [0, 0.05) is 6.20 Å². The van der Waals surface area contributed by atoms with Gasteiger partial charge in [-0.15, -0.1) is 0 Å². The van der Waals surface area contributed by atoms with Crippen LogP contribution >= 0.6 is 15.9 Å². The first-order valence-corrected chi connectivity index (χ1v) is 7.71. The molecule has 0 saturated heterocycles. The zero-order valence-corrected chi connectivity index (χ0v) is 13.9. The Morgan fingerprint density at radius 1 is 1.23 bits per heavy atom. The number of halogens is 1. The molecule has 5 heteroatoms. The maximum atomic E-state index is 12.5. The molecule has 4 nitrogen and oxygen atoms in total. The summed E-state index contributed by atoms with van der Waals surface area (Å²) < 4.78 is 8.07. The van der Waals surface area contributed by atoms with Crippen molar-refractivity contribution < 1.29 is 4.74 Å². The Balaban J connectivity index is 2.03. The first-order chi connectivity index (χ1) is 10.6. The Hall–Kier alpha value is -2.14. The van der Waals surface area contributed by atoms with E-state index < -0.39 is 0 Å². The van der Waals surface area contributed by atoms with E-state index in [0.29, 0.717) is 23.7 Å². The Morgan fingerprint density at radius 2 is 1.95 bits per heavy atom. The van der Waals surface area contributed by atoms with Gasteiger partial charge in [0.2, 0.25) is 5.88 Å². The number of hydrogen-bond donors (Lipinski definition) is 0. The SMILES string of the molecule is Cc1cc(Br)c2nc(OCc3ccccc3)c(C)c(=O)n2c1. The van der Waals surface area contributed by atoms with Gasteiger partial charge in [-0.25, -0.2) is 0 Å². The van der Waals surface area contributed by atoms with Gasteiger partial charge in [0.25, 0.3) is 5.56 Å². The van der Waals surface area contributed by atoms with Crippen LogP contribution in [0.3, 0.4) is 0 Å². The van der Waals surface area contributed by atoms with E-state index in [0.717, 1.165) is 15.6 Å². The van der Waals surface area contributed by atoms with Crippen molar-refractivity contribution in [3.8, 4) is 5.88 Å². The van der Waals surface area contributed by atoms with Crippen LogP contribution in [0.15, 0.2) is 51.9 Å². The monoisotopic (exact) mass is 358 g/mol. The minimum atomic E-state index is -0.113. The topological polar surface area (TPSA) is 43.6 Å². The van der Waals surface area contributed by atoms with Crippen molar-refractivity contribution in [1.82, 2.24) is 9.38 Å². The fourth-order valence-corrected chi connectivity index (χ4v) is 2.90. The van der Waals surface area contributed by atoms with Gasteiger partial charge in [-0.1, -0.05) is 30.3 Å². The van der Waals surface area contributed by atoms with Crippen LogP contribution in [0, 0.1) is 13.8 Å². The number of benzene rings is 1. The fourth-order valence-electron chi connectivity index (χ4n) is 2.26. The number of fused-ring (bicyclic) bond motifs is 1. The molecular weight excluding hydrogens is 344 g/mol. The van der Waals surface area contributed by atoms with Crippen molar-refractivity contribution in [2.75, 3.05) is 0 Å². The molecule has 22 heavy (non-hydrogen) atoms. The highest BCUT2D eigenvalue weighted by molar-refractivity contribution is 9.10. The van der Waals surface area contributed by atoms with Crippen LogP contribution in [0.2, 0.25) is 0 Å². The summed E-state index contributed by atoms with van der Waals surface area (Å²) in [4.78, 5) is 17.0. The van der Waals surface area contributed by atoms with Crippen molar-refractivity contribution in [3.05, 3.63) is 74.1 Å². The fraction of sp³-hybridized carbons (Fsp3) is 0.176. The van der Waals surface area contributed by atoms with Gasteiger partial charge in [0.1, 0.15) is 6.61 Å². The Kier molecular flexibility index (Phi) is 3.98. The predicted molar refractivity (Wildman–Crippen MR) is 89.4 cm³/mol. The maximum Gasteiger partial charge on any atom is 0.264 e. The molecule has 0 atom stereocenters. The molecule has 3 rings (SSSR count). The largest absolute Gasteiger partial charge is 0.472 e. The second kappa shape index (κ2) is 5.93. The highest BCUT2D eigenvalue weighted by atomic mass is 79.9. The van der Waals surface area contributed by atoms with E-state index in [4.69, 9.17) is 4.74 Å². The minimum Gasteiger partial charge on any atom is -0.472 e. The highest BCUT2D eigenvalue weighted by Crippen LogP contribution is 2.21. The molecule has 0 radical (unpaired) electrons. The molecule has 1 aromatic carbocycles. The summed E-state index contributed by atoms with van der Waals surface area (Å²) in [5.74, 6) is 0.374. The molecule has 0 aliphatic rings. The molecular formula is C17H15BrN2O2. The average Bonchev–Trinajstić information content (AvgIpc) is 2.51. The molecule has 0 N–H and O–H groups in total. The van der Waals surface area contributed by atoms with E-state index in [1.807, 2.05) is 43.3 Å². The third-order valence-corrected chi connectivity index (χ3v) is 4.00. The van der Waals surface area contributed by atoms with E-state index in [9.17, 15) is 4.79 Å². The maximum absolute atomic E-state index is 12.5. The summed E-state index contributed by atoms with van der Waals surface area (Å²) in [5.41, 5.74) is 2.97. The number of hydrogen-bond acceptors (Lipinski definition) is 3. The molecule has 2 heterocycles. The van der Waals surface area contributed by atoms with Crippen molar-refractivity contribution in [1.29, 1.82) is 0 Å². The number of aryl methyl sites for hydroxylation is 1. The molecule has 0 aliphatic carbocycles. The van der Waals surface area contributed by atoms with Gasteiger partial charge in [-0.3, -0.25) is 9.20 Å². The van der Waals surface area contributed by atoms with Gasteiger partial charge in [-0.05, 0) is 47.0 Å². The molecule has 0 spiro atoms. The lowest BCUT2D eigenvalue weighted by Crippen LogP contribution is -2.19. The van der Waals surface area contributed by atoms with Gasteiger partial charge in [-0.2, -0.15) is 4.98 Å². The van der Waals surface area contributed by atoms with Crippen LogP contribution in [0.25, 0.3) is 5.65 Å². The summed E-state index contributed by atoms with van der Waals surface area (Å²) in [6, 6.07) is 11.7. The van der Waals surface area contributed by atoms with Crippen molar-refractivity contribution in [3.63, 3.8) is 0 Å². The quantitative estimate of drug-likeness (QED) is 0.717. The smallest absolute Gasteiger partial charge is 0.264 e. The number of pyridine rings is 1. The Bertz CT molecular complexity index is 889. The molecule has 2 aromatic heterocycles. The molecule has 0 unspecified atom stereocenters. The first kappa shape index (κ1) is 14.8. The van der Waals surface area contributed by atoms with Crippen LogP contribution in [0.4, 0.5) is 0 Å². The lowest BCUT2D eigenvalue weighted by Gasteiger charge is -2.11. The van der Waals surface area contributed by atoms with E-state index in [1.165, 1.54) is 0 Å². The second-order valence-corrected chi connectivity index (χ2v) is 6.03. The summed E-state index contributed by atoms with van der Waals surface area (Å²) >= 11 is 3.46. The van der Waals surface area contributed by atoms with E-state index in [-0.39, 0.29) is 5.56 Å². The van der Waals surface area contributed by atoms with Crippen LogP contribution in [-0.2, 0) is 6.61 Å². The van der Waals surface area contributed by atoms with Crippen molar-refractivity contribution >= 4 is 21.6 Å². The number of nitrogens with zero attached hydrogens (tertiary/aromatic N) is 2. The Labute approximate surface area is 136 Å². The molecule has 0 fully saturated rings. The standard InChI is InChI=1S/C17H15BrN2O2/c1-11-8-14(18)15-19-16(12(2)17(21)20(15)9-11)22-10-13-6-4-3-5-7-13/h3-9H,10H2,1-2H3.